The van der Waals surface area contributed by atoms with Crippen LogP contribution in [0.25, 0.3) is 16.7 Å². The zero-order valence-corrected chi connectivity index (χ0v) is 23.0. The van der Waals surface area contributed by atoms with Gasteiger partial charge in [-0.25, -0.2) is 9.97 Å². The van der Waals surface area contributed by atoms with Crippen molar-refractivity contribution in [1.29, 1.82) is 0 Å². The zero-order valence-electron chi connectivity index (χ0n) is 23.0. The van der Waals surface area contributed by atoms with Crippen molar-refractivity contribution < 1.29 is 9.59 Å². The Kier molecular flexibility index (Phi) is 7.79. The maximum Gasteiger partial charge on any atom is 0.246 e. The molecule has 0 unspecified atom stereocenters. The first-order valence-corrected chi connectivity index (χ1v) is 14.1. The quantitative estimate of drug-likeness (QED) is 0.486. The molecule has 2 aliphatic rings. The summed E-state index contributed by atoms with van der Waals surface area (Å²) in [4.78, 5) is 38.6. The molecule has 2 N–H and O–H groups in total. The first-order chi connectivity index (χ1) is 18.4. The Labute approximate surface area is 225 Å². The average Bonchev–Trinajstić information content (AvgIpc) is 3.56. The minimum absolute atomic E-state index is 0.0242. The maximum atomic E-state index is 14.1. The molecule has 5 rings (SSSR count). The van der Waals surface area contributed by atoms with Crippen LogP contribution in [0, 0.1) is 19.8 Å². The third kappa shape index (κ3) is 5.19. The third-order valence-corrected chi connectivity index (χ3v) is 8.39. The number of carbonyl (C=O) groups excluding carboxylic acids is 2. The number of fused-ring (bicyclic) bond motifs is 1. The molecule has 3 atom stereocenters. The highest BCUT2D eigenvalue weighted by molar-refractivity contribution is 5.90. The van der Waals surface area contributed by atoms with Crippen LogP contribution >= 0.6 is 0 Å². The van der Waals surface area contributed by atoms with Gasteiger partial charge >= 0.3 is 0 Å². The van der Waals surface area contributed by atoms with Gasteiger partial charge in [-0.1, -0.05) is 37.5 Å². The highest BCUT2D eigenvalue weighted by atomic mass is 16.2. The number of hydrogen-bond acceptors (Lipinski definition) is 5. The number of nitrogens with zero attached hydrogens (tertiary/aromatic N) is 4. The Morgan fingerprint density at radius 3 is 2.55 bits per heavy atom. The molecular weight excluding hydrogens is 476 g/mol. The third-order valence-electron chi connectivity index (χ3n) is 8.39. The molecule has 1 saturated carbocycles. The van der Waals surface area contributed by atoms with Gasteiger partial charge in [0.25, 0.3) is 0 Å². The number of likely N-dealkylation sites (N-methyl/N-ethyl adjacent to an activating group) is 1. The van der Waals surface area contributed by atoms with Gasteiger partial charge in [0.2, 0.25) is 11.8 Å². The molecule has 8 heteroatoms. The predicted octanol–water partition coefficient (Wildman–Crippen LogP) is 4.37. The van der Waals surface area contributed by atoms with Crippen LogP contribution in [-0.4, -0.2) is 56.9 Å². The van der Waals surface area contributed by atoms with E-state index < -0.39 is 6.04 Å². The van der Waals surface area contributed by atoms with Crippen LogP contribution in [0.4, 0.5) is 0 Å². The lowest BCUT2D eigenvalue weighted by atomic mass is 9.83. The number of hydrogen-bond donors (Lipinski definition) is 2. The fraction of sp³-hybridized carbons (Fsp3) is 0.533. The molecule has 0 bridgehead atoms. The molecule has 38 heavy (non-hydrogen) atoms. The number of aromatic nitrogens is 3. The van der Waals surface area contributed by atoms with Gasteiger partial charge in [-0.15, -0.1) is 0 Å². The standard InChI is InChI=1S/C30H40N6O2/c1-19-18-36(25-14-9-8-13-23(19)25)27-17-24(32-21(3)33-27)26-15-10-16-35(26)30(38)28(22-11-6-5-7-12-22)34-29(37)20(2)31-4/h8-9,13-14,17-18,20,22,26,28,31H,5-7,10-12,15-16H2,1-4H3,(H,34,37)/t20-,26-,28-/m0/s1. The molecule has 2 fully saturated rings. The highest BCUT2D eigenvalue weighted by Gasteiger charge is 2.39. The molecule has 1 aliphatic heterocycles. The summed E-state index contributed by atoms with van der Waals surface area (Å²) in [6.45, 7) is 6.53. The van der Waals surface area contributed by atoms with Gasteiger partial charge in [-0.3, -0.25) is 9.59 Å². The van der Waals surface area contributed by atoms with Crippen molar-refractivity contribution in [1.82, 2.24) is 30.1 Å². The number of aryl methyl sites for hydroxylation is 2. The molecule has 0 radical (unpaired) electrons. The molecule has 8 nitrogen and oxygen atoms in total. The van der Waals surface area contributed by atoms with E-state index in [1.807, 2.05) is 30.9 Å². The Bertz CT molecular complexity index is 1310. The molecule has 2 aromatic heterocycles. The second-order valence-electron chi connectivity index (χ2n) is 11.0. The smallest absolute Gasteiger partial charge is 0.246 e. The number of rotatable bonds is 7. The van der Waals surface area contributed by atoms with E-state index in [0.29, 0.717) is 12.4 Å². The summed E-state index contributed by atoms with van der Waals surface area (Å²) in [6.07, 6.45) is 9.23. The fourth-order valence-electron chi connectivity index (χ4n) is 6.18. The van der Waals surface area contributed by atoms with Gasteiger partial charge in [0.15, 0.2) is 0 Å². The summed E-state index contributed by atoms with van der Waals surface area (Å²) in [5.74, 6) is 1.57. The highest BCUT2D eigenvalue weighted by Crippen LogP contribution is 2.35. The molecule has 3 heterocycles. The van der Waals surface area contributed by atoms with E-state index >= 15 is 0 Å². The molecular formula is C30H40N6O2. The van der Waals surface area contributed by atoms with Crippen molar-refractivity contribution in [2.24, 2.45) is 5.92 Å². The molecule has 1 saturated heterocycles. The summed E-state index contributed by atoms with van der Waals surface area (Å²) in [7, 11) is 1.77. The van der Waals surface area contributed by atoms with E-state index in [4.69, 9.17) is 9.97 Å². The van der Waals surface area contributed by atoms with E-state index in [9.17, 15) is 9.59 Å². The van der Waals surface area contributed by atoms with Crippen molar-refractivity contribution in [3.8, 4) is 5.82 Å². The number of nitrogens with one attached hydrogen (secondary N) is 2. The summed E-state index contributed by atoms with van der Waals surface area (Å²) in [5, 5.41) is 7.33. The fourth-order valence-corrected chi connectivity index (χ4v) is 6.18. The monoisotopic (exact) mass is 516 g/mol. The Morgan fingerprint density at radius 1 is 1.03 bits per heavy atom. The van der Waals surface area contributed by atoms with Crippen molar-refractivity contribution in [2.75, 3.05) is 13.6 Å². The number of para-hydroxylation sites is 1. The second kappa shape index (κ2) is 11.2. The minimum atomic E-state index is -0.502. The van der Waals surface area contributed by atoms with Crippen LogP contribution in [0.1, 0.15) is 75.0 Å². The van der Waals surface area contributed by atoms with Crippen molar-refractivity contribution in [3.05, 3.63) is 53.6 Å². The number of carbonyl (C=O) groups is 2. The molecule has 202 valence electrons. The lowest BCUT2D eigenvalue weighted by Crippen LogP contribution is -2.55. The maximum absolute atomic E-state index is 14.1. The molecule has 2 amide bonds. The molecule has 1 aliphatic carbocycles. The van der Waals surface area contributed by atoms with Gasteiger partial charge < -0.3 is 20.1 Å². The lowest BCUT2D eigenvalue weighted by molar-refractivity contribution is -0.139. The predicted molar refractivity (Wildman–Crippen MR) is 149 cm³/mol. The normalized spacial score (nSPS) is 20.0. The second-order valence-corrected chi connectivity index (χ2v) is 11.0. The van der Waals surface area contributed by atoms with Crippen molar-refractivity contribution in [2.45, 2.75) is 83.8 Å². The van der Waals surface area contributed by atoms with Gasteiger partial charge in [-0.2, -0.15) is 0 Å². The zero-order chi connectivity index (χ0) is 26.8. The van der Waals surface area contributed by atoms with E-state index in [2.05, 4.69) is 46.5 Å². The van der Waals surface area contributed by atoms with Crippen molar-refractivity contribution in [3.63, 3.8) is 0 Å². The minimum Gasteiger partial charge on any atom is -0.343 e. The van der Waals surface area contributed by atoms with Crippen LogP contribution < -0.4 is 10.6 Å². The van der Waals surface area contributed by atoms with Crippen LogP contribution in [0.2, 0.25) is 0 Å². The Balaban J connectivity index is 1.46. The molecule has 1 aromatic carbocycles. The van der Waals surface area contributed by atoms with Gasteiger partial charge in [0, 0.05) is 24.2 Å². The van der Waals surface area contributed by atoms with Gasteiger partial charge in [0.05, 0.1) is 23.3 Å². The Hall–Kier alpha value is -3.26. The number of benzene rings is 1. The van der Waals surface area contributed by atoms with Gasteiger partial charge in [-0.05, 0) is 71.0 Å². The SMILES string of the molecule is CN[C@@H](C)C(=O)N[C@H](C(=O)N1CCC[C@H]1c1cc(-n2cc(C)c3ccccc32)nc(C)n1)C1CCCCC1. The average molecular weight is 517 g/mol. The summed E-state index contributed by atoms with van der Waals surface area (Å²) >= 11 is 0. The first kappa shape index (κ1) is 26.4. The van der Waals surface area contributed by atoms with Gasteiger partial charge in [0.1, 0.15) is 17.7 Å². The first-order valence-electron chi connectivity index (χ1n) is 14.1. The van der Waals surface area contributed by atoms with E-state index in [0.717, 1.165) is 55.6 Å². The summed E-state index contributed by atoms with van der Waals surface area (Å²) in [5.41, 5.74) is 3.16. The number of likely N-dealkylation sites (tertiary alicyclic amines) is 1. The number of amides is 2. The largest absolute Gasteiger partial charge is 0.343 e. The van der Waals surface area contributed by atoms with Crippen LogP contribution in [0.15, 0.2) is 36.5 Å². The molecule has 0 spiro atoms. The van der Waals surface area contributed by atoms with E-state index in [1.165, 1.54) is 17.4 Å². The summed E-state index contributed by atoms with van der Waals surface area (Å²) < 4.78 is 2.12. The van der Waals surface area contributed by atoms with Crippen LogP contribution in [0.3, 0.4) is 0 Å². The Morgan fingerprint density at radius 2 is 1.79 bits per heavy atom. The van der Waals surface area contributed by atoms with Crippen LogP contribution in [0.5, 0.6) is 0 Å². The van der Waals surface area contributed by atoms with E-state index in [-0.39, 0.29) is 29.8 Å². The van der Waals surface area contributed by atoms with Crippen molar-refractivity contribution >= 4 is 22.7 Å². The van der Waals surface area contributed by atoms with Crippen LogP contribution in [-0.2, 0) is 9.59 Å². The van der Waals surface area contributed by atoms with E-state index in [1.54, 1.807) is 7.05 Å². The lowest BCUT2D eigenvalue weighted by Gasteiger charge is -2.35. The summed E-state index contributed by atoms with van der Waals surface area (Å²) in [6, 6.07) is 9.38. The molecule has 3 aromatic rings. The topological polar surface area (TPSA) is 92.2 Å².